The summed E-state index contributed by atoms with van der Waals surface area (Å²) in [6.45, 7) is 3.99. The summed E-state index contributed by atoms with van der Waals surface area (Å²) < 4.78 is 0. The fourth-order valence-corrected chi connectivity index (χ4v) is 2.57. The zero-order valence-electron chi connectivity index (χ0n) is 11.4. The van der Waals surface area contributed by atoms with E-state index in [0.29, 0.717) is 16.6 Å². The zero-order chi connectivity index (χ0) is 14.5. The maximum Gasteiger partial charge on any atom is 0.216 e. The highest BCUT2D eigenvalue weighted by Gasteiger charge is 2.20. The van der Waals surface area contributed by atoms with E-state index >= 15 is 0 Å². The maximum atomic E-state index is 10.9. The average Bonchev–Trinajstić information content (AvgIpc) is 2.45. The van der Waals surface area contributed by atoms with E-state index in [1.165, 1.54) is 6.92 Å². The second-order valence-electron chi connectivity index (χ2n) is 5.02. The molecule has 1 N–H and O–H groups in total. The lowest BCUT2D eigenvalue weighted by atomic mass is 9.96. The molecule has 2 rings (SSSR count). The number of rotatable bonds is 3. The van der Waals surface area contributed by atoms with Gasteiger partial charge in [-0.3, -0.25) is 4.79 Å². The van der Waals surface area contributed by atoms with Crippen molar-refractivity contribution in [3.8, 4) is 6.07 Å². The Labute approximate surface area is 123 Å². The molecule has 0 radical (unpaired) electrons. The Morgan fingerprint density at radius 1 is 1.55 bits per heavy atom. The number of anilines is 1. The van der Waals surface area contributed by atoms with E-state index < -0.39 is 0 Å². The lowest BCUT2D eigenvalue weighted by Gasteiger charge is -2.32. The van der Waals surface area contributed by atoms with Gasteiger partial charge in [-0.15, -0.1) is 0 Å². The van der Waals surface area contributed by atoms with Crippen LogP contribution in [0.3, 0.4) is 0 Å². The van der Waals surface area contributed by atoms with Crippen LogP contribution in [0.1, 0.15) is 25.3 Å². The van der Waals surface area contributed by atoms with Gasteiger partial charge in [-0.05, 0) is 30.9 Å². The molecule has 0 atom stereocenters. The van der Waals surface area contributed by atoms with Crippen LogP contribution in [0.25, 0.3) is 0 Å². The first-order valence-corrected chi connectivity index (χ1v) is 7.03. The van der Waals surface area contributed by atoms with E-state index in [1.54, 1.807) is 12.1 Å². The van der Waals surface area contributed by atoms with Gasteiger partial charge in [-0.25, -0.2) is 4.98 Å². The minimum atomic E-state index is 0.0163. The Morgan fingerprint density at radius 3 is 2.85 bits per heavy atom. The molecule has 0 spiro atoms. The van der Waals surface area contributed by atoms with E-state index in [2.05, 4.69) is 21.3 Å². The molecular formula is C14H17ClN4O. The topological polar surface area (TPSA) is 69.0 Å². The summed E-state index contributed by atoms with van der Waals surface area (Å²) in [6.07, 6.45) is 1.99. The van der Waals surface area contributed by atoms with Gasteiger partial charge in [0.1, 0.15) is 11.0 Å². The van der Waals surface area contributed by atoms with Gasteiger partial charge in [0, 0.05) is 26.6 Å². The van der Waals surface area contributed by atoms with Crippen LogP contribution in [-0.4, -0.2) is 30.5 Å². The highest BCUT2D eigenvalue weighted by atomic mass is 35.5. The number of nitriles is 1. The summed E-state index contributed by atoms with van der Waals surface area (Å²) in [5.74, 6) is 1.28. The van der Waals surface area contributed by atoms with Crippen LogP contribution in [0.5, 0.6) is 0 Å². The fraction of sp³-hybridized carbons (Fsp3) is 0.500. The van der Waals surface area contributed by atoms with Crippen molar-refractivity contribution in [1.82, 2.24) is 10.3 Å². The van der Waals surface area contributed by atoms with Crippen LogP contribution in [0.15, 0.2) is 12.1 Å². The molecule has 1 saturated heterocycles. The molecule has 0 unspecified atom stereocenters. The van der Waals surface area contributed by atoms with Crippen LogP contribution in [-0.2, 0) is 4.79 Å². The normalized spacial score (nSPS) is 15.8. The van der Waals surface area contributed by atoms with Gasteiger partial charge in [0.2, 0.25) is 5.91 Å². The molecule has 20 heavy (non-hydrogen) atoms. The second kappa shape index (κ2) is 6.58. The molecular weight excluding hydrogens is 276 g/mol. The SMILES string of the molecule is CC(=O)NCC1CCN(c2cc(C#N)cc(Cl)n2)CC1. The molecule has 6 heteroatoms. The molecule has 106 valence electrons. The Balaban J connectivity index is 1.95. The standard InChI is InChI=1S/C14H17ClN4O/c1-10(20)17-9-11-2-4-19(5-3-11)14-7-12(8-16)6-13(15)18-14/h6-7,11H,2-5,9H2,1H3,(H,17,20). The Morgan fingerprint density at radius 2 is 2.25 bits per heavy atom. The van der Waals surface area contributed by atoms with Crippen LogP contribution >= 0.6 is 11.6 Å². The Bertz CT molecular complexity index is 532. The number of halogens is 1. The lowest BCUT2D eigenvalue weighted by Crippen LogP contribution is -2.38. The third kappa shape index (κ3) is 3.84. The molecule has 0 aromatic carbocycles. The van der Waals surface area contributed by atoms with Crippen molar-refractivity contribution in [3.05, 3.63) is 22.8 Å². The van der Waals surface area contributed by atoms with Gasteiger partial charge in [0.05, 0.1) is 11.6 Å². The number of nitrogens with one attached hydrogen (secondary N) is 1. The van der Waals surface area contributed by atoms with Gasteiger partial charge in [-0.2, -0.15) is 5.26 Å². The van der Waals surface area contributed by atoms with Crippen molar-refractivity contribution >= 4 is 23.3 Å². The molecule has 1 aromatic rings. The van der Waals surface area contributed by atoms with Gasteiger partial charge in [-0.1, -0.05) is 11.6 Å². The van der Waals surface area contributed by atoms with Gasteiger partial charge >= 0.3 is 0 Å². The molecule has 1 aromatic heterocycles. The van der Waals surface area contributed by atoms with Crippen molar-refractivity contribution in [2.24, 2.45) is 5.92 Å². The summed E-state index contributed by atoms with van der Waals surface area (Å²) >= 11 is 5.92. The number of carbonyl (C=O) groups is 1. The van der Waals surface area contributed by atoms with E-state index in [-0.39, 0.29) is 5.91 Å². The van der Waals surface area contributed by atoms with E-state index in [9.17, 15) is 4.79 Å². The van der Waals surface area contributed by atoms with Crippen molar-refractivity contribution in [2.75, 3.05) is 24.5 Å². The summed E-state index contributed by atoms with van der Waals surface area (Å²) in [7, 11) is 0. The highest BCUT2D eigenvalue weighted by molar-refractivity contribution is 6.29. The van der Waals surface area contributed by atoms with Crippen LogP contribution < -0.4 is 10.2 Å². The number of nitrogens with zero attached hydrogens (tertiary/aromatic N) is 3. The Kier molecular flexibility index (Phi) is 4.80. The molecule has 1 aliphatic heterocycles. The molecule has 1 fully saturated rings. The first-order chi connectivity index (χ1) is 9.58. The minimum absolute atomic E-state index is 0.0163. The Hall–Kier alpha value is -1.80. The van der Waals surface area contributed by atoms with Crippen LogP contribution in [0, 0.1) is 17.2 Å². The first-order valence-electron chi connectivity index (χ1n) is 6.65. The molecule has 1 aliphatic rings. The van der Waals surface area contributed by atoms with Gasteiger partial charge in [0.15, 0.2) is 0 Å². The third-order valence-corrected chi connectivity index (χ3v) is 3.68. The minimum Gasteiger partial charge on any atom is -0.357 e. The fourth-order valence-electron chi connectivity index (χ4n) is 2.36. The number of pyridine rings is 1. The largest absolute Gasteiger partial charge is 0.357 e. The molecule has 2 heterocycles. The van der Waals surface area contributed by atoms with Crippen molar-refractivity contribution < 1.29 is 4.79 Å². The van der Waals surface area contributed by atoms with Crippen LogP contribution in [0.2, 0.25) is 5.15 Å². The molecule has 0 bridgehead atoms. The number of piperidine rings is 1. The van der Waals surface area contributed by atoms with Gasteiger partial charge < -0.3 is 10.2 Å². The number of amides is 1. The molecule has 5 nitrogen and oxygen atoms in total. The second-order valence-corrected chi connectivity index (χ2v) is 5.40. The summed E-state index contributed by atoms with van der Waals surface area (Å²) in [4.78, 5) is 17.3. The first kappa shape index (κ1) is 14.6. The summed E-state index contributed by atoms with van der Waals surface area (Å²) in [6, 6.07) is 5.42. The average molecular weight is 293 g/mol. The molecule has 0 saturated carbocycles. The van der Waals surface area contributed by atoms with E-state index in [1.807, 2.05) is 0 Å². The van der Waals surface area contributed by atoms with Crippen molar-refractivity contribution in [3.63, 3.8) is 0 Å². The van der Waals surface area contributed by atoms with Gasteiger partial charge in [0.25, 0.3) is 0 Å². The monoisotopic (exact) mass is 292 g/mol. The maximum absolute atomic E-state index is 10.9. The number of hydrogen-bond acceptors (Lipinski definition) is 4. The smallest absolute Gasteiger partial charge is 0.216 e. The van der Waals surface area contributed by atoms with Crippen LogP contribution in [0.4, 0.5) is 5.82 Å². The van der Waals surface area contributed by atoms with Crippen molar-refractivity contribution in [2.45, 2.75) is 19.8 Å². The summed E-state index contributed by atoms with van der Waals surface area (Å²) in [5, 5.41) is 12.2. The van der Waals surface area contributed by atoms with Crippen molar-refractivity contribution in [1.29, 1.82) is 5.26 Å². The number of aromatic nitrogens is 1. The van der Waals surface area contributed by atoms with E-state index in [4.69, 9.17) is 16.9 Å². The molecule has 1 amide bonds. The number of hydrogen-bond donors (Lipinski definition) is 1. The highest BCUT2D eigenvalue weighted by Crippen LogP contribution is 2.23. The number of carbonyl (C=O) groups excluding carboxylic acids is 1. The lowest BCUT2D eigenvalue weighted by molar-refractivity contribution is -0.119. The third-order valence-electron chi connectivity index (χ3n) is 3.49. The summed E-state index contributed by atoms with van der Waals surface area (Å²) in [5.41, 5.74) is 0.528. The zero-order valence-corrected chi connectivity index (χ0v) is 12.2. The predicted octanol–water partition coefficient (Wildman–Crippen LogP) is 1.96. The molecule has 0 aliphatic carbocycles. The quantitative estimate of drug-likeness (QED) is 0.865. The van der Waals surface area contributed by atoms with E-state index in [0.717, 1.165) is 38.3 Å². The predicted molar refractivity (Wildman–Crippen MR) is 77.6 cm³/mol.